The van der Waals surface area contributed by atoms with Gasteiger partial charge in [-0.15, -0.1) is 0 Å². The number of amides is 2. The van der Waals surface area contributed by atoms with Crippen molar-refractivity contribution in [2.45, 2.75) is 13.0 Å². The zero-order valence-electron chi connectivity index (χ0n) is 15.9. The Morgan fingerprint density at radius 3 is 2.86 bits per heavy atom. The number of aryl methyl sites for hydroxylation is 1. The van der Waals surface area contributed by atoms with Crippen LogP contribution in [-0.2, 0) is 4.74 Å². The SMILES string of the molecule is Cc1cc2cc(NC(=O)NC[C@@H](c3ccccn3)N3CCOCC3)ccc2o1. The monoisotopic (exact) mass is 380 g/mol. The Balaban J connectivity index is 1.41. The van der Waals surface area contributed by atoms with Crippen molar-refractivity contribution >= 4 is 22.7 Å². The van der Waals surface area contributed by atoms with Crippen molar-refractivity contribution < 1.29 is 13.9 Å². The summed E-state index contributed by atoms with van der Waals surface area (Å²) in [6.45, 7) is 5.40. The lowest BCUT2D eigenvalue weighted by Crippen LogP contribution is -2.44. The van der Waals surface area contributed by atoms with Gasteiger partial charge in [0.05, 0.1) is 24.9 Å². The minimum Gasteiger partial charge on any atom is -0.461 e. The maximum Gasteiger partial charge on any atom is 0.319 e. The van der Waals surface area contributed by atoms with Crippen LogP contribution in [0.5, 0.6) is 0 Å². The van der Waals surface area contributed by atoms with Gasteiger partial charge in [0.2, 0.25) is 0 Å². The summed E-state index contributed by atoms with van der Waals surface area (Å²) < 4.78 is 11.0. The number of anilines is 1. The van der Waals surface area contributed by atoms with E-state index in [1.54, 1.807) is 6.20 Å². The number of benzene rings is 1. The third-order valence-corrected chi connectivity index (χ3v) is 4.87. The molecule has 1 fully saturated rings. The number of aromatic nitrogens is 1. The van der Waals surface area contributed by atoms with E-state index >= 15 is 0 Å². The molecular formula is C21H24N4O3. The number of carbonyl (C=O) groups excluding carboxylic acids is 1. The number of nitrogens with one attached hydrogen (secondary N) is 2. The Kier molecular flexibility index (Phi) is 5.55. The van der Waals surface area contributed by atoms with Crippen LogP contribution in [0, 0.1) is 6.92 Å². The first kappa shape index (κ1) is 18.5. The van der Waals surface area contributed by atoms with Crippen LogP contribution in [0.4, 0.5) is 10.5 Å². The first-order chi connectivity index (χ1) is 13.7. The topological polar surface area (TPSA) is 79.6 Å². The second kappa shape index (κ2) is 8.41. The standard InChI is InChI=1S/C21H24N4O3/c1-15-12-16-13-17(5-6-20(16)28-15)24-21(26)23-14-19(18-4-2-3-7-22-18)25-8-10-27-11-9-25/h2-7,12-13,19H,8-11,14H2,1H3,(H2,23,24,26)/t19-/m0/s1. The van der Waals surface area contributed by atoms with E-state index in [9.17, 15) is 4.79 Å². The summed E-state index contributed by atoms with van der Waals surface area (Å²) >= 11 is 0. The Bertz CT molecular complexity index is 935. The average Bonchev–Trinajstić information content (AvgIpc) is 3.09. The van der Waals surface area contributed by atoms with Crippen molar-refractivity contribution in [3.63, 3.8) is 0 Å². The smallest absolute Gasteiger partial charge is 0.319 e. The molecule has 28 heavy (non-hydrogen) atoms. The molecule has 7 heteroatoms. The summed E-state index contributed by atoms with van der Waals surface area (Å²) in [5, 5.41) is 6.85. The molecule has 2 N–H and O–H groups in total. The number of carbonyl (C=O) groups is 1. The first-order valence-electron chi connectivity index (χ1n) is 9.47. The number of morpholine rings is 1. The van der Waals surface area contributed by atoms with Crippen LogP contribution in [0.25, 0.3) is 11.0 Å². The Morgan fingerprint density at radius 1 is 1.21 bits per heavy atom. The predicted octanol–water partition coefficient (Wildman–Crippen LogP) is 3.33. The molecule has 0 aliphatic carbocycles. The molecule has 0 unspecified atom stereocenters. The van der Waals surface area contributed by atoms with Crippen molar-refractivity contribution in [1.82, 2.24) is 15.2 Å². The van der Waals surface area contributed by atoms with Crippen LogP contribution in [0.15, 0.2) is 53.1 Å². The molecule has 0 saturated carbocycles. The number of rotatable bonds is 5. The van der Waals surface area contributed by atoms with Gasteiger partial charge in [0.15, 0.2) is 0 Å². The molecule has 2 amide bonds. The average molecular weight is 380 g/mol. The van der Waals surface area contributed by atoms with Gasteiger partial charge >= 0.3 is 6.03 Å². The lowest BCUT2D eigenvalue weighted by atomic mass is 10.1. The molecule has 1 aliphatic rings. The third kappa shape index (κ3) is 4.32. The van der Waals surface area contributed by atoms with Crippen molar-refractivity contribution in [2.75, 3.05) is 38.2 Å². The molecule has 2 aromatic heterocycles. The maximum absolute atomic E-state index is 12.5. The number of pyridine rings is 1. The molecule has 3 heterocycles. The van der Waals surface area contributed by atoms with E-state index in [-0.39, 0.29) is 12.1 Å². The van der Waals surface area contributed by atoms with E-state index in [0.717, 1.165) is 41.2 Å². The molecule has 146 valence electrons. The molecule has 3 aromatic rings. The Labute approximate surface area is 163 Å². The molecule has 4 rings (SSSR count). The second-order valence-electron chi connectivity index (χ2n) is 6.86. The van der Waals surface area contributed by atoms with Crippen molar-refractivity contribution in [3.8, 4) is 0 Å². The van der Waals surface area contributed by atoms with Crippen molar-refractivity contribution in [3.05, 3.63) is 60.1 Å². The number of hydrogen-bond donors (Lipinski definition) is 2. The van der Waals surface area contributed by atoms with E-state index in [2.05, 4.69) is 20.5 Å². The molecule has 1 saturated heterocycles. The van der Waals surface area contributed by atoms with Gasteiger partial charge in [-0.05, 0) is 43.3 Å². The van der Waals surface area contributed by atoms with E-state index < -0.39 is 0 Å². The minimum absolute atomic E-state index is 0.00912. The zero-order chi connectivity index (χ0) is 19.3. The lowest BCUT2D eigenvalue weighted by Gasteiger charge is -2.34. The summed E-state index contributed by atoms with van der Waals surface area (Å²) in [6, 6.07) is 13.2. The van der Waals surface area contributed by atoms with Crippen LogP contribution in [-0.4, -0.2) is 48.8 Å². The lowest BCUT2D eigenvalue weighted by molar-refractivity contribution is 0.0159. The molecular weight excluding hydrogens is 356 g/mol. The zero-order valence-corrected chi connectivity index (χ0v) is 15.9. The van der Waals surface area contributed by atoms with Gasteiger partial charge in [-0.1, -0.05) is 6.07 Å². The highest BCUT2D eigenvalue weighted by Gasteiger charge is 2.24. The van der Waals surface area contributed by atoms with E-state index in [0.29, 0.717) is 19.8 Å². The van der Waals surface area contributed by atoms with Crippen LogP contribution in [0.1, 0.15) is 17.5 Å². The quantitative estimate of drug-likeness (QED) is 0.710. The number of hydrogen-bond acceptors (Lipinski definition) is 5. The molecule has 1 aliphatic heterocycles. The minimum atomic E-state index is -0.242. The predicted molar refractivity (Wildman–Crippen MR) is 107 cm³/mol. The van der Waals surface area contributed by atoms with E-state index in [1.807, 2.05) is 49.4 Å². The Hall–Kier alpha value is -2.90. The molecule has 1 atom stereocenters. The largest absolute Gasteiger partial charge is 0.461 e. The molecule has 1 aromatic carbocycles. The van der Waals surface area contributed by atoms with Gasteiger partial charge in [0, 0.05) is 36.9 Å². The summed E-state index contributed by atoms with van der Waals surface area (Å²) in [7, 11) is 0. The number of furan rings is 1. The van der Waals surface area contributed by atoms with Crippen LogP contribution >= 0.6 is 0 Å². The molecule has 7 nitrogen and oxygen atoms in total. The second-order valence-corrected chi connectivity index (χ2v) is 6.86. The molecule has 0 spiro atoms. The van der Waals surface area contributed by atoms with Crippen molar-refractivity contribution in [1.29, 1.82) is 0 Å². The highest BCUT2D eigenvalue weighted by atomic mass is 16.5. The highest BCUT2D eigenvalue weighted by Crippen LogP contribution is 2.23. The fourth-order valence-corrected chi connectivity index (χ4v) is 3.50. The summed E-state index contributed by atoms with van der Waals surface area (Å²) in [4.78, 5) is 19.2. The number of ether oxygens (including phenoxy) is 1. The third-order valence-electron chi connectivity index (χ3n) is 4.87. The first-order valence-corrected chi connectivity index (χ1v) is 9.47. The van der Waals surface area contributed by atoms with Crippen LogP contribution < -0.4 is 10.6 Å². The van der Waals surface area contributed by atoms with Gasteiger partial charge in [0.25, 0.3) is 0 Å². The van der Waals surface area contributed by atoms with Crippen molar-refractivity contribution in [2.24, 2.45) is 0 Å². The fraction of sp³-hybridized carbons (Fsp3) is 0.333. The number of urea groups is 1. The number of nitrogens with zero attached hydrogens (tertiary/aromatic N) is 2. The van der Waals surface area contributed by atoms with Gasteiger partial charge in [0.1, 0.15) is 11.3 Å². The maximum atomic E-state index is 12.5. The number of fused-ring (bicyclic) bond motifs is 1. The van der Waals surface area contributed by atoms with E-state index in [4.69, 9.17) is 9.15 Å². The molecule has 0 radical (unpaired) electrons. The fourth-order valence-electron chi connectivity index (χ4n) is 3.50. The van der Waals surface area contributed by atoms with Gasteiger partial charge in [-0.3, -0.25) is 9.88 Å². The Morgan fingerprint density at radius 2 is 2.07 bits per heavy atom. The summed E-state index contributed by atoms with van der Waals surface area (Å²) in [5.74, 6) is 0.848. The van der Waals surface area contributed by atoms with Crippen LogP contribution in [0.2, 0.25) is 0 Å². The highest BCUT2D eigenvalue weighted by molar-refractivity contribution is 5.92. The van der Waals surface area contributed by atoms with Gasteiger partial charge in [-0.25, -0.2) is 4.79 Å². The normalized spacial score (nSPS) is 16.0. The van der Waals surface area contributed by atoms with E-state index in [1.165, 1.54) is 0 Å². The molecule has 0 bridgehead atoms. The van der Waals surface area contributed by atoms with Crippen LogP contribution in [0.3, 0.4) is 0 Å². The van der Waals surface area contributed by atoms with Gasteiger partial charge in [-0.2, -0.15) is 0 Å². The van der Waals surface area contributed by atoms with Gasteiger partial charge < -0.3 is 19.8 Å². The summed E-state index contributed by atoms with van der Waals surface area (Å²) in [5.41, 5.74) is 2.48. The summed E-state index contributed by atoms with van der Waals surface area (Å²) in [6.07, 6.45) is 1.78.